The summed E-state index contributed by atoms with van der Waals surface area (Å²) in [6, 6.07) is 16.2. The van der Waals surface area contributed by atoms with Crippen molar-refractivity contribution in [3.63, 3.8) is 0 Å². The Labute approximate surface area is 204 Å². The van der Waals surface area contributed by atoms with Crippen LogP contribution < -0.4 is 10.3 Å². The van der Waals surface area contributed by atoms with Gasteiger partial charge in [-0.3, -0.25) is 9.78 Å². The van der Waals surface area contributed by atoms with Crippen LogP contribution in [0.5, 0.6) is 0 Å². The lowest BCUT2D eigenvalue weighted by atomic mass is 9.83. The van der Waals surface area contributed by atoms with Crippen LogP contribution in [0.4, 0.5) is 0 Å². The number of nitrogens with zero attached hydrogens (tertiary/aromatic N) is 2. The van der Waals surface area contributed by atoms with Crippen LogP contribution in [0.25, 0.3) is 11.1 Å². The van der Waals surface area contributed by atoms with E-state index in [2.05, 4.69) is 40.0 Å². The third-order valence-corrected chi connectivity index (χ3v) is 7.18. The molecule has 34 heavy (non-hydrogen) atoms. The standard InChI is InChI=1S/C27H33N3O3S/c1-20-15-24(23-9-6-14-28-16-23)18-30(27(20)31)25(17-29-34(2)32)19-33-26-12-10-22(11-13-26)21-7-4-3-5-8-21/h3-9,14-16,18,22,25-26,29H,10-13,17,19H2,1-2H3/t22-,25?,26+,34?. The van der Waals surface area contributed by atoms with E-state index in [1.807, 2.05) is 31.3 Å². The number of pyridine rings is 2. The van der Waals surface area contributed by atoms with E-state index in [-0.39, 0.29) is 17.7 Å². The van der Waals surface area contributed by atoms with Gasteiger partial charge in [0.15, 0.2) is 0 Å². The smallest absolute Gasteiger partial charge is 0.253 e. The van der Waals surface area contributed by atoms with Gasteiger partial charge in [0, 0.05) is 46.6 Å². The predicted octanol–water partition coefficient (Wildman–Crippen LogP) is 4.39. The van der Waals surface area contributed by atoms with Crippen LogP contribution >= 0.6 is 0 Å². The van der Waals surface area contributed by atoms with Crippen molar-refractivity contribution < 1.29 is 9.29 Å². The maximum Gasteiger partial charge on any atom is 0.253 e. The first kappa shape index (κ1) is 24.7. The van der Waals surface area contributed by atoms with Crippen LogP contribution in [0.2, 0.25) is 0 Å². The molecule has 0 radical (unpaired) electrons. The monoisotopic (exact) mass is 479 g/mol. The lowest BCUT2D eigenvalue weighted by molar-refractivity contribution is 0.00736. The molecule has 0 spiro atoms. The lowest BCUT2D eigenvalue weighted by Gasteiger charge is -2.30. The number of aryl methyl sites for hydroxylation is 1. The predicted molar refractivity (Wildman–Crippen MR) is 137 cm³/mol. The number of hydrogen-bond acceptors (Lipinski definition) is 5. The number of nitrogens with one attached hydrogen (secondary N) is 1. The molecule has 7 heteroatoms. The topological polar surface area (TPSA) is 79.2 Å². The summed E-state index contributed by atoms with van der Waals surface area (Å²) < 4.78 is 22.8. The van der Waals surface area contributed by atoms with Gasteiger partial charge < -0.3 is 13.9 Å². The Kier molecular flexibility index (Phi) is 8.56. The summed E-state index contributed by atoms with van der Waals surface area (Å²) in [6.07, 6.45) is 11.4. The van der Waals surface area contributed by atoms with Crippen molar-refractivity contribution in [2.24, 2.45) is 0 Å². The van der Waals surface area contributed by atoms with Gasteiger partial charge in [0.2, 0.25) is 0 Å². The Morgan fingerprint density at radius 3 is 2.59 bits per heavy atom. The highest BCUT2D eigenvalue weighted by molar-refractivity contribution is 7.88. The molecule has 4 rings (SSSR count). The fourth-order valence-electron chi connectivity index (χ4n) is 4.69. The second kappa shape index (κ2) is 11.8. The molecular formula is C27H33N3O3S. The number of benzene rings is 1. The van der Waals surface area contributed by atoms with Crippen molar-refractivity contribution in [1.82, 2.24) is 14.3 Å². The Morgan fingerprint density at radius 2 is 1.91 bits per heavy atom. The van der Waals surface area contributed by atoms with Gasteiger partial charge in [0.1, 0.15) is 6.26 Å². The summed E-state index contributed by atoms with van der Waals surface area (Å²) in [5.74, 6) is 0.586. The first-order chi connectivity index (χ1) is 16.5. The van der Waals surface area contributed by atoms with Crippen molar-refractivity contribution in [3.05, 3.63) is 88.6 Å². The van der Waals surface area contributed by atoms with Crippen LogP contribution in [0.3, 0.4) is 0 Å². The second-order valence-electron chi connectivity index (χ2n) is 9.04. The molecule has 1 aromatic carbocycles. The van der Waals surface area contributed by atoms with Gasteiger partial charge in [0.05, 0.1) is 25.3 Å². The average molecular weight is 480 g/mol. The van der Waals surface area contributed by atoms with E-state index in [0.29, 0.717) is 24.6 Å². The summed E-state index contributed by atoms with van der Waals surface area (Å²) in [5.41, 5.74) is 3.88. The van der Waals surface area contributed by atoms with Gasteiger partial charge in [-0.25, -0.2) is 0 Å². The summed E-state index contributed by atoms with van der Waals surface area (Å²) in [5, 5.41) is 0. The maximum atomic E-state index is 13.1. The normalized spacial score (nSPS) is 20.1. The quantitative estimate of drug-likeness (QED) is 0.461. The van der Waals surface area contributed by atoms with Gasteiger partial charge in [-0.05, 0) is 56.2 Å². The molecule has 1 fully saturated rings. The first-order valence-electron chi connectivity index (χ1n) is 11.9. The molecular weight excluding hydrogens is 446 g/mol. The summed E-state index contributed by atoms with van der Waals surface area (Å²) in [7, 11) is 0. The van der Waals surface area contributed by atoms with E-state index in [9.17, 15) is 9.35 Å². The van der Waals surface area contributed by atoms with Crippen molar-refractivity contribution in [1.29, 1.82) is 0 Å². The highest BCUT2D eigenvalue weighted by Gasteiger charge is 2.25. The van der Waals surface area contributed by atoms with E-state index in [4.69, 9.17) is 4.74 Å². The minimum atomic E-state index is -1.18. The number of rotatable bonds is 9. The number of aromatic nitrogens is 2. The third-order valence-electron chi connectivity index (χ3n) is 6.60. The molecule has 3 aromatic rings. The Balaban J connectivity index is 1.47. The fourth-order valence-corrected chi connectivity index (χ4v) is 5.12. The van der Waals surface area contributed by atoms with Crippen LogP contribution in [-0.4, -0.2) is 39.6 Å². The third kappa shape index (κ3) is 6.36. The summed E-state index contributed by atoms with van der Waals surface area (Å²) in [4.78, 5) is 17.3. The number of ether oxygens (including phenoxy) is 1. The number of hydrogen-bond donors (Lipinski definition) is 1. The van der Waals surface area contributed by atoms with Crippen LogP contribution in [0, 0.1) is 6.92 Å². The molecule has 2 aromatic heterocycles. The Morgan fingerprint density at radius 1 is 1.15 bits per heavy atom. The van der Waals surface area contributed by atoms with Gasteiger partial charge >= 0.3 is 0 Å². The molecule has 0 amide bonds. The van der Waals surface area contributed by atoms with Crippen molar-refractivity contribution >= 4 is 11.4 Å². The van der Waals surface area contributed by atoms with Crippen LogP contribution in [0.1, 0.15) is 48.8 Å². The van der Waals surface area contributed by atoms with Crippen molar-refractivity contribution in [2.75, 3.05) is 19.4 Å². The molecule has 1 aliphatic rings. The lowest BCUT2D eigenvalue weighted by Crippen LogP contribution is -2.38. The van der Waals surface area contributed by atoms with Crippen molar-refractivity contribution in [3.8, 4) is 11.1 Å². The molecule has 1 aliphatic carbocycles. The zero-order valence-electron chi connectivity index (χ0n) is 19.9. The maximum absolute atomic E-state index is 13.1. The van der Waals surface area contributed by atoms with Gasteiger partial charge in [-0.1, -0.05) is 36.4 Å². The Hall–Kier alpha value is -2.45. The molecule has 0 bridgehead atoms. The van der Waals surface area contributed by atoms with Crippen molar-refractivity contribution in [2.45, 2.75) is 50.7 Å². The van der Waals surface area contributed by atoms with Gasteiger partial charge in [0.25, 0.3) is 5.56 Å². The minimum Gasteiger partial charge on any atom is -0.598 e. The average Bonchev–Trinajstić information content (AvgIpc) is 2.87. The summed E-state index contributed by atoms with van der Waals surface area (Å²) in [6.45, 7) is 2.60. The zero-order chi connectivity index (χ0) is 23.9. The SMILES string of the molecule is Cc1cc(-c2cccnc2)cn(C(CN[S+](C)[O-])CO[C@H]2CC[C@@H](c3ccccc3)CC2)c1=O. The summed E-state index contributed by atoms with van der Waals surface area (Å²) >= 11 is -1.18. The van der Waals surface area contributed by atoms with E-state index < -0.39 is 11.4 Å². The van der Waals surface area contributed by atoms with E-state index in [1.54, 1.807) is 23.2 Å². The molecule has 2 heterocycles. The van der Waals surface area contributed by atoms with Crippen LogP contribution in [-0.2, 0) is 16.1 Å². The molecule has 2 unspecified atom stereocenters. The van der Waals surface area contributed by atoms with Gasteiger partial charge in [-0.15, -0.1) is 4.72 Å². The largest absolute Gasteiger partial charge is 0.598 e. The molecule has 6 nitrogen and oxygen atoms in total. The molecule has 0 saturated heterocycles. The molecule has 1 saturated carbocycles. The highest BCUT2D eigenvalue weighted by Crippen LogP contribution is 2.34. The molecule has 0 aliphatic heterocycles. The second-order valence-corrected chi connectivity index (χ2v) is 10.2. The molecule has 180 valence electrons. The minimum absolute atomic E-state index is 0.0577. The molecule has 2 atom stereocenters. The first-order valence-corrected chi connectivity index (χ1v) is 13.4. The van der Waals surface area contributed by atoms with E-state index >= 15 is 0 Å². The van der Waals surface area contributed by atoms with Gasteiger partial charge in [-0.2, -0.15) is 0 Å². The highest BCUT2D eigenvalue weighted by atomic mass is 32.2. The zero-order valence-corrected chi connectivity index (χ0v) is 20.7. The Bertz CT molecular complexity index is 1100. The fraction of sp³-hybridized carbons (Fsp3) is 0.407. The van der Waals surface area contributed by atoms with E-state index in [0.717, 1.165) is 36.8 Å². The molecule has 1 N–H and O–H groups in total. The van der Waals surface area contributed by atoms with Crippen LogP contribution in [0.15, 0.2) is 71.9 Å². The van der Waals surface area contributed by atoms with E-state index in [1.165, 1.54) is 5.56 Å².